The summed E-state index contributed by atoms with van der Waals surface area (Å²) in [5, 5.41) is 18.6. The van der Waals surface area contributed by atoms with Crippen LogP contribution >= 0.6 is 0 Å². The van der Waals surface area contributed by atoms with Crippen molar-refractivity contribution in [3.05, 3.63) is 11.6 Å². The molecular formula is C23H43N5O2. The molecule has 3 aliphatic heterocycles. The zero-order valence-electron chi connectivity index (χ0n) is 18.9. The van der Waals surface area contributed by atoms with Crippen LogP contribution in [0.2, 0.25) is 0 Å². The monoisotopic (exact) mass is 421 g/mol. The van der Waals surface area contributed by atoms with E-state index in [1.54, 1.807) is 12.7 Å². The summed E-state index contributed by atoms with van der Waals surface area (Å²) in [5.41, 5.74) is 1.64. The molecule has 0 spiro atoms. The van der Waals surface area contributed by atoms with Gasteiger partial charge in [0, 0.05) is 38.3 Å². The third-order valence-corrected chi connectivity index (χ3v) is 7.31. The second-order valence-electron chi connectivity index (χ2n) is 9.65. The first-order valence-corrected chi connectivity index (χ1v) is 12.2. The molecule has 0 radical (unpaired) electrons. The Morgan fingerprint density at radius 1 is 1.20 bits per heavy atom. The lowest BCUT2D eigenvalue weighted by molar-refractivity contribution is 0.0176. The van der Waals surface area contributed by atoms with Crippen molar-refractivity contribution in [1.29, 1.82) is 0 Å². The van der Waals surface area contributed by atoms with Crippen molar-refractivity contribution >= 4 is 0 Å². The summed E-state index contributed by atoms with van der Waals surface area (Å²) in [6, 6.07) is 1.01. The molecular weight excluding hydrogens is 378 g/mol. The molecule has 2 saturated heterocycles. The molecule has 3 fully saturated rings. The lowest BCUT2D eigenvalue weighted by Crippen LogP contribution is -2.68. The Hall–Kier alpha value is -0.540. The van der Waals surface area contributed by atoms with E-state index in [2.05, 4.69) is 39.6 Å². The van der Waals surface area contributed by atoms with Gasteiger partial charge in [0.25, 0.3) is 0 Å². The van der Waals surface area contributed by atoms with Crippen molar-refractivity contribution in [3.8, 4) is 0 Å². The van der Waals surface area contributed by atoms with Gasteiger partial charge in [-0.25, -0.2) is 0 Å². The van der Waals surface area contributed by atoms with E-state index in [4.69, 9.17) is 9.47 Å². The smallest absolute Gasteiger partial charge is 0.113 e. The van der Waals surface area contributed by atoms with Gasteiger partial charge < -0.3 is 20.1 Å². The van der Waals surface area contributed by atoms with Crippen LogP contribution in [0.15, 0.2) is 11.6 Å². The fraction of sp³-hybridized carbons (Fsp3) is 0.913. The average molecular weight is 422 g/mol. The lowest BCUT2D eigenvalue weighted by atomic mass is 9.72. The highest BCUT2D eigenvalue weighted by atomic mass is 16.5. The van der Waals surface area contributed by atoms with Gasteiger partial charge in [0.1, 0.15) is 6.29 Å². The summed E-state index contributed by atoms with van der Waals surface area (Å²) in [4.78, 5) is 0. The Labute approximate surface area is 182 Å². The summed E-state index contributed by atoms with van der Waals surface area (Å²) in [7, 11) is 1.77. The van der Waals surface area contributed by atoms with Crippen molar-refractivity contribution in [1.82, 2.24) is 26.6 Å². The number of nitrogens with one attached hydrogen (secondary N) is 5. The normalized spacial score (nSPS) is 39.9. The molecule has 7 nitrogen and oxygen atoms in total. The van der Waals surface area contributed by atoms with Gasteiger partial charge in [0.05, 0.1) is 12.3 Å². The first-order valence-electron chi connectivity index (χ1n) is 12.2. The molecule has 4 aliphatic rings. The molecule has 7 unspecified atom stereocenters. The Bertz CT molecular complexity index is 560. The van der Waals surface area contributed by atoms with Crippen molar-refractivity contribution in [2.75, 3.05) is 40.0 Å². The van der Waals surface area contributed by atoms with Crippen LogP contribution in [0.1, 0.15) is 51.9 Å². The van der Waals surface area contributed by atoms with E-state index in [1.807, 2.05) is 0 Å². The fourth-order valence-corrected chi connectivity index (χ4v) is 5.90. The molecule has 30 heavy (non-hydrogen) atoms. The predicted octanol–water partition coefficient (Wildman–Crippen LogP) is 1.28. The number of rotatable bonds is 8. The van der Waals surface area contributed by atoms with Crippen LogP contribution < -0.4 is 26.6 Å². The number of hydrogen-bond acceptors (Lipinski definition) is 7. The molecule has 0 bridgehead atoms. The van der Waals surface area contributed by atoms with Gasteiger partial charge in [-0.1, -0.05) is 11.6 Å². The van der Waals surface area contributed by atoms with Crippen LogP contribution in [0, 0.1) is 11.8 Å². The Balaban J connectivity index is 1.34. The molecule has 4 rings (SSSR count). The summed E-state index contributed by atoms with van der Waals surface area (Å²) in [6.07, 6.45) is 11.5. The zero-order valence-corrected chi connectivity index (χ0v) is 18.9. The quantitative estimate of drug-likeness (QED) is 0.298. The third-order valence-electron chi connectivity index (χ3n) is 7.31. The molecule has 0 aromatic heterocycles. The lowest BCUT2D eigenvalue weighted by Gasteiger charge is -2.43. The maximum atomic E-state index is 6.26. The topological polar surface area (TPSA) is 78.6 Å². The van der Waals surface area contributed by atoms with Gasteiger partial charge in [0.15, 0.2) is 0 Å². The Morgan fingerprint density at radius 2 is 2.13 bits per heavy atom. The third kappa shape index (κ3) is 6.03. The van der Waals surface area contributed by atoms with Crippen molar-refractivity contribution < 1.29 is 9.47 Å². The average Bonchev–Trinajstić information content (AvgIpc) is 3.03. The summed E-state index contributed by atoms with van der Waals surface area (Å²) in [5.74, 6) is 1.27. The van der Waals surface area contributed by atoms with Crippen LogP contribution in [0.5, 0.6) is 0 Å². The molecule has 0 amide bonds. The number of methoxy groups -OCH3 is 1. The minimum atomic E-state index is 0.156. The van der Waals surface area contributed by atoms with Gasteiger partial charge in [-0.2, -0.15) is 0 Å². The van der Waals surface area contributed by atoms with Gasteiger partial charge in [0.2, 0.25) is 0 Å². The molecule has 5 N–H and O–H groups in total. The fourth-order valence-electron chi connectivity index (χ4n) is 5.90. The first kappa shape index (κ1) is 22.6. The zero-order chi connectivity index (χ0) is 20.8. The molecule has 7 atom stereocenters. The standard InChI is InChI=1S/C23H43N5O2/c1-16-13-21(25-9-4-11-29-2)28-23(26-16)27-19-14-18-7-12-30-22(18)20(15-19)17-5-3-8-24-10-6-17/h5,16,18-28H,3-4,6-15H2,1-2H3. The molecule has 0 aromatic rings. The van der Waals surface area contributed by atoms with Crippen molar-refractivity contribution in [3.63, 3.8) is 0 Å². The Morgan fingerprint density at radius 3 is 3.03 bits per heavy atom. The van der Waals surface area contributed by atoms with E-state index in [-0.39, 0.29) is 6.29 Å². The molecule has 0 aromatic carbocycles. The maximum Gasteiger partial charge on any atom is 0.113 e. The molecule has 172 valence electrons. The highest BCUT2D eigenvalue weighted by Crippen LogP contribution is 2.42. The summed E-state index contributed by atoms with van der Waals surface area (Å²) in [6.45, 7) is 7.24. The van der Waals surface area contributed by atoms with Gasteiger partial charge >= 0.3 is 0 Å². The first-order chi connectivity index (χ1) is 14.7. The van der Waals surface area contributed by atoms with E-state index < -0.39 is 0 Å². The number of fused-ring (bicyclic) bond motifs is 1. The second-order valence-corrected chi connectivity index (χ2v) is 9.65. The van der Waals surface area contributed by atoms with Crippen LogP contribution in [0.4, 0.5) is 0 Å². The largest absolute Gasteiger partial charge is 0.385 e. The summed E-state index contributed by atoms with van der Waals surface area (Å²) >= 11 is 0. The van der Waals surface area contributed by atoms with Gasteiger partial charge in [-0.3, -0.25) is 16.0 Å². The Kier molecular flexibility index (Phi) is 8.58. The molecule has 3 heterocycles. The van der Waals surface area contributed by atoms with Crippen LogP contribution in [0.25, 0.3) is 0 Å². The SMILES string of the molecule is COCCCNC1CC(C)NC(NC2CC3CCOC3C(C3=CCCNCC3)C2)N1. The van der Waals surface area contributed by atoms with E-state index in [0.29, 0.717) is 36.2 Å². The summed E-state index contributed by atoms with van der Waals surface area (Å²) < 4.78 is 11.4. The maximum absolute atomic E-state index is 6.26. The minimum absolute atomic E-state index is 0.156. The second kappa shape index (κ2) is 11.4. The van der Waals surface area contributed by atoms with E-state index in [0.717, 1.165) is 52.1 Å². The van der Waals surface area contributed by atoms with E-state index in [9.17, 15) is 0 Å². The minimum Gasteiger partial charge on any atom is -0.385 e. The van der Waals surface area contributed by atoms with E-state index in [1.165, 1.54) is 25.7 Å². The predicted molar refractivity (Wildman–Crippen MR) is 120 cm³/mol. The highest BCUT2D eigenvalue weighted by molar-refractivity contribution is 5.15. The molecule has 7 heteroatoms. The van der Waals surface area contributed by atoms with Crippen LogP contribution in [-0.2, 0) is 9.47 Å². The van der Waals surface area contributed by atoms with Gasteiger partial charge in [-0.05, 0) is 77.4 Å². The van der Waals surface area contributed by atoms with Crippen molar-refractivity contribution in [2.24, 2.45) is 11.8 Å². The van der Waals surface area contributed by atoms with Crippen LogP contribution in [-0.4, -0.2) is 70.6 Å². The molecule has 1 aliphatic carbocycles. The molecule has 1 saturated carbocycles. The highest BCUT2D eigenvalue weighted by Gasteiger charge is 2.43. The van der Waals surface area contributed by atoms with Crippen LogP contribution in [0.3, 0.4) is 0 Å². The number of ether oxygens (including phenoxy) is 2. The van der Waals surface area contributed by atoms with Crippen molar-refractivity contribution in [2.45, 2.75) is 82.5 Å². The van der Waals surface area contributed by atoms with Gasteiger partial charge in [-0.15, -0.1) is 0 Å². The van der Waals surface area contributed by atoms with E-state index >= 15 is 0 Å². The number of hydrogen-bond donors (Lipinski definition) is 5.